The minimum atomic E-state index is -0.0943. The summed E-state index contributed by atoms with van der Waals surface area (Å²) in [4.78, 5) is 0. The van der Waals surface area contributed by atoms with Gasteiger partial charge in [-0.05, 0) is 39.5 Å². The molecule has 0 aromatic rings. The SMILES string of the molecule is CC1C(C)C(C)(C)N(O)C1(C)C. The van der Waals surface area contributed by atoms with Crippen LogP contribution in [-0.2, 0) is 0 Å². The van der Waals surface area contributed by atoms with Gasteiger partial charge in [0, 0.05) is 11.1 Å². The Morgan fingerprint density at radius 1 is 0.917 bits per heavy atom. The maximum absolute atomic E-state index is 9.96. The van der Waals surface area contributed by atoms with E-state index >= 15 is 0 Å². The van der Waals surface area contributed by atoms with Crippen LogP contribution in [0.15, 0.2) is 0 Å². The Kier molecular flexibility index (Phi) is 2.05. The molecule has 1 saturated heterocycles. The second kappa shape index (κ2) is 2.46. The van der Waals surface area contributed by atoms with Crippen molar-refractivity contribution < 1.29 is 5.21 Å². The Morgan fingerprint density at radius 3 is 1.25 bits per heavy atom. The van der Waals surface area contributed by atoms with Crippen molar-refractivity contribution in [1.82, 2.24) is 5.06 Å². The van der Waals surface area contributed by atoms with Crippen LogP contribution < -0.4 is 0 Å². The molecule has 1 N–H and O–H groups in total. The van der Waals surface area contributed by atoms with Gasteiger partial charge in [-0.3, -0.25) is 0 Å². The summed E-state index contributed by atoms with van der Waals surface area (Å²) in [5.74, 6) is 1.05. The predicted octanol–water partition coefficient (Wildman–Crippen LogP) is 2.52. The van der Waals surface area contributed by atoms with Gasteiger partial charge in [-0.25, -0.2) is 0 Å². The van der Waals surface area contributed by atoms with Crippen LogP contribution in [0.25, 0.3) is 0 Å². The topological polar surface area (TPSA) is 23.5 Å². The molecule has 0 amide bonds. The first-order chi connectivity index (χ1) is 5.22. The smallest absolute Gasteiger partial charge is 0.0439 e. The zero-order chi connectivity index (χ0) is 9.73. The highest BCUT2D eigenvalue weighted by Crippen LogP contribution is 2.47. The summed E-state index contributed by atoms with van der Waals surface area (Å²) in [6.45, 7) is 12.8. The number of hydroxylamine groups is 2. The van der Waals surface area contributed by atoms with Crippen LogP contribution in [0.1, 0.15) is 41.5 Å². The first-order valence-electron chi connectivity index (χ1n) is 4.71. The van der Waals surface area contributed by atoms with Crippen LogP contribution in [0.5, 0.6) is 0 Å². The highest BCUT2D eigenvalue weighted by Gasteiger charge is 2.54. The van der Waals surface area contributed by atoms with Crippen molar-refractivity contribution in [3.05, 3.63) is 0 Å². The fraction of sp³-hybridized carbons (Fsp3) is 1.00. The maximum Gasteiger partial charge on any atom is 0.0439 e. The lowest BCUT2D eigenvalue weighted by atomic mass is 9.80. The molecular formula is C10H21NO. The molecule has 2 heteroatoms. The Hall–Kier alpha value is -0.0800. The zero-order valence-electron chi connectivity index (χ0n) is 9.05. The van der Waals surface area contributed by atoms with E-state index in [2.05, 4.69) is 41.5 Å². The molecule has 0 aromatic carbocycles. The molecule has 0 spiro atoms. The molecule has 2 nitrogen and oxygen atoms in total. The predicted molar refractivity (Wildman–Crippen MR) is 50.1 cm³/mol. The highest BCUT2D eigenvalue weighted by atomic mass is 16.5. The van der Waals surface area contributed by atoms with Gasteiger partial charge < -0.3 is 5.21 Å². The van der Waals surface area contributed by atoms with Gasteiger partial charge in [0.1, 0.15) is 0 Å². The molecule has 2 unspecified atom stereocenters. The first-order valence-corrected chi connectivity index (χ1v) is 4.71. The largest absolute Gasteiger partial charge is 0.313 e. The van der Waals surface area contributed by atoms with Crippen molar-refractivity contribution in [3.63, 3.8) is 0 Å². The van der Waals surface area contributed by atoms with Crippen LogP contribution in [0.3, 0.4) is 0 Å². The fourth-order valence-corrected chi connectivity index (χ4v) is 2.35. The van der Waals surface area contributed by atoms with E-state index in [0.29, 0.717) is 11.8 Å². The molecule has 72 valence electrons. The van der Waals surface area contributed by atoms with Gasteiger partial charge in [-0.2, -0.15) is 5.06 Å². The summed E-state index contributed by atoms with van der Waals surface area (Å²) in [5.41, 5.74) is -0.189. The van der Waals surface area contributed by atoms with Crippen LogP contribution in [0.4, 0.5) is 0 Å². The Morgan fingerprint density at radius 2 is 1.17 bits per heavy atom. The summed E-state index contributed by atoms with van der Waals surface area (Å²) in [7, 11) is 0. The second-order valence-electron chi connectivity index (χ2n) is 5.20. The van der Waals surface area contributed by atoms with Gasteiger partial charge >= 0.3 is 0 Å². The quantitative estimate of drug-likeness (QED) is 0.605. The lowest BCUT2D eigenvalue weighted by Crippen LogP contribution is -2.47. The molecule has 1 aliphatic rings. The van der Waals surface area contributed by atoms with E-state index in [-0.39, 0.29) is 11.1 Å². The molecular weight excluding hydrogens is 150 g/mol. The monoisotopic (exact) mass is 171 g/mol. The molecule has 12 heavy (non-hydrogen) atoms. The minimum Gasteiger partial charge on any atom is -0.313 e. The van der Waals surface area contributed by atoms with Gasteiger partial charge in [-0.1, -0.05) is 13.8 Å². The summed E-state index contributed by atoms with van der Waals surface area (Å²) >= 11 is 0. The number of rotatable bonds is 0. The summed E-state index contributed by atoms with van der Waals surface area (Å²) in [5, 5.41) is 11.5. The lowest BCUT2D eigenvalue weighted by molar-refractivity contribution is -0.199. The van der Waals surface area contributed by atoms with Crippen LogP contribution >= 0.6 is 0 Å². The summed E-state index contributed by atoms with van der Waals surface area (Å²) in [6.07, 6.45) is 0. The van der Waals surface area contributed by atoms with Gasteiger partial charge in [0.05, 0.1) is 0 Å². The summed E-state index contributed by atoms with van der Waals surface area (Å²) in [6, 6.07) is 0. The zero-order valence-corrected chi connectivity index (χ0v) is 9.05. The standard InChI is InChI=1S/C10H21NO/c1-7-8(2)10(5,6)11(12)9(7,3)4/h7-8,12H,1-6H3. The number of nitrogens with zero attached hydrogens (tertiary/aromatic N) is 1. The normalized spacial score (nSPS) is 40.2. The molecule has 0 saturated carbocycles. The third-order valence-electron chi connectivity index (χ3n) is 4.07. The molecule has 1 rings (SSSR count). The van der Waals surface area contributed by atoms with Crippen molar-refractivity contribution in [3.8, 4) is 0 Å². The highest BCUT2D eigenvalue weighted by molar-refractivity contribution is 5.04. The molecule has 2 atom stereocenters. The van der Waals surface area contributed by atoms with Crippen molar-refractivity contribution in [1.29, 1.82) is 0 Å². The van der Waals surface area contributed by atoms with Gasteiger partial charge in [-0.15, -0.1) is 0 Å². The van der Waals surface area contributed by atoms with Gasteiger partial charge in [0.2, 0.25) is 0 Å². The van der Waals surface area contributed by atoms with Crippen LogP contribution in [0, 0.1) is 11.8 Å². The third kappa shape index (κ3) is 1.01. The molecule has 1 fully saturated rings. The van der Waals surface area contributed by atoms with E-state index in [1.165, 1.54) is 5.06 Å². The van der Waals surface area contributed by atoms with Crippen molar-refractivity contribution in [2.24, 2.45) is 11.8 Å². The van der Waals surface area contributed by atoms with E-state index < -0.39 is 0 Å². The van der Waals surface area contributed by atoms with Gasteiger partial charge in [0.25, 0.3) is 0 Å². The number of hydrogen-bond donors (Lipinski definition) is 1. The Labute approximate surface area is 75.5 Å². The minimum absolute atomic E-state index is 0.0943. The Balaban J connectivity index is 3.03. The molecule has 1 aliphatic heterocycles. The lowest BCUT2D eigenvalue weighted by Gasteiger charge is -2.35. The second-order valence-corrected chi connectivity index (χ2v) is 5.20. The number of hydrogen-bond acceptors (Lipinski definition) is 2. The maximum atomic E-state index is 9.96. The average Bonchev–Trinajstić information content (AvgIpc) is 2.06. The van der Waals surface area contributed by atoms with Gasteiger partial charge in [0.15, 0.2) is 0 Å². The first kappa shape index (κ1) is 10.0. The molecule has 0 aliphatic carbocycles. The van der Waals surface area contributed by atoms with Crippen molar-refractivity contribution >= 4 is 0 Å². The molecule has 1 heterocycles. The molecule has 0 bridgehead atoms. The van der Waals surface area contributed by atoms with Crippen LogP contribution in [-0.4, -0.2) is 21.3 Å². The van der Waals surface area contributed by atoms with E-state index in [1.807, 2.05) is 0 Å². The van der Waals surface area contributed by atoms with E-state index in [0.717, 1.165) is 0 Å². The van der Waals surface area contributed by atoms with E-state index in [1.54, 1.807) is 0 Å². The Bertz CT molecular complexity index is 166. The van der Waals surface area contributed by atoms with E-state index in [4.69, 9.17) is 0 Å². The van der Waals surface area contributed by atoms with Crippen molar-refractivity contribution in [2.45, 2.75) is 52.6 Å². The molecule has 0 radical (unpaired) electrons. The van der Waals surface area contributed by atoms with E-state index in [9.17, 15) is 5.21 Å². The third-order valence-corrected chi connectivity index (χ3v) is 4.07. The summed E-state index contributed by atoms with van der Waals surface area (Å²) < 4.78 is 0. The fourth-order valence-electron chi connectivity index (χ4n) is 2.35. The van der Waals surface area contributed by atoms with Crippen LogP contribution in [0.2, 0.25) is 0 Å². The average molecular weight is 171 g/mol. The van der Waals surface area contributed by atoms with Crippen molar-refractivity contribution in [2.75, 3.05) is 0 Å². The molecule has 0 aromatic heterocycles.